The van der Waals surface area contributed by atoms with Crippen LogP contribution in [-0.2, 0) is 6.54 Å². The molecular formula is C18H24FNO. The molecule has 0 radical (unpaired) electrons. The Morgan fingerprint density at radius 1 is 1.29 bits per heavy atom. The quantitative estimate of drug-likeness (QED) is 0.864. The van der Waals surface area contributed by atoms with Gasteiger partial charge in [0.05, 0.1) is 6.61 Å². The van der Waals surface area contributed by atoms with Gasteiger partial charge in [0.25, 0.3) is 0 Å². The molecule has 1 N–H and O–H groups in total. The minimum absolute atomic E-state index is 0.0400. The maximum absolute atomic E-state index is 13.7. The largest absolute Gasteiger partial charge is 0.395 e. The van der Waals surface area contributed by atoms with Crippen molar-refractivity contribution in [1.82, 2.24) is 4.90 Å². The topological polar surface area (TPSA) is 23.5 Å². The summed E-state index contributed by atoms with van der Waals surface area (Å²) in [6.07, 6.45) is 2.91. The van der Waals surface area contributed by atoms with Crippen molar-refractivity contribution in [3.8, 4) is 11.8 Å². The Balaban J connectivity index is 2.11. The molecule has 1 aromatic carbocycles. The number of likely N-dealkylation sites (tertiary alicyclic amines) is 1. The predicted octanol–water partition coefficient (Wildman–Crippen LogP) is 3.18. The van der Waals surface area contributed by atoms with Crippen LogP contribution in [-0.4, -0.2) is 29.2 Å². The number of rotatable bonds is 3. The van der Waals surface area contributed by atoms with Gasteiger partial charge in [0, 0.05) is 31.1 Å². The fraction of sp³-hybridized carbons (Fsp3) is 0.556. The first-order valence-corrected chi connectivity index (χ1v) is 7.71. The van der Waals surface area contributed by atoms with Gasteiger partial charge in [-0.05, 0) is 49.4 Å². The number of hydrogen-bond acceptors (Lipinski definition) is 2. The molecule has 1 saturated heterocycles. The van der Waals surface area contributed by atoms with Gasteiger partial charge in [-0.3, -0.25) is 4.90 Å². The Kier molecular flexibility index (Phi) is 5.78. The summed E-state index contributed by atoms with van der Waals surface area (Å²) in [5, 5.41) is 8.74. The van der Waals surface area contributed by atoms with Gasteiger partial charge in [0.1, 0.15) is 5.82 Å². The summed E-state index contributed by atoms with van der Waals surface area (Å²) in [7, 11) is 0. The number of aliphatic hydroxyl groups is 1. The maximum atomic E-state index is 13.7. The van der Waals surface area contributed by atoms with E-state index >= 15 is 0 Å². The van der Waals surface area contributed by atoms with Crippen LogP contribution in [0, 0.1) is 23.6 Å². The first kappa shape index (κ1) is 16.0. The summed E-state index contributed by atoms with van der Waals surface area (Å²) in [6.45, 7) is 6.41. The molecule has 1 aromatic rings. The lowest BCUT2D eigenvalue weighted by Gasteiger charge is -2.36. The van der Waals surface area contributed by atoms with Crippen molar-refractivity contribution in [2.75, 3.05) is 13.2 Å². The lowest BCUT2D eigenvalue weighted by molar-refractivity contribution is 0.117. The molecule has 0 aromatic heterocycles. The van der Waals surface area contributed by atoms with E-state index in [1.165, 1.54) is 18.9 Å². The number of aliphatic hydroxyl groups excluding tert-OH is 1. The predicted molar refractivity (Wildman–Crippen MR) is 83.3 cm³/mol. The van der Waals surface area contributed by atoms with Crippen LogP contribution >= 0.6 is 0 Å². The van der Waals surface area contributed by atoms with Crippen LogP contribution in [0.25, 0.3) is 0 Å². The highest BCUT2D eigenvalue weighted by molar-refractivity contribution is 5.37. The third kappa shape index (κ3) is 4.84. The van der Waals surface area contributed by atoms with Crippen LogP contribution in [0.3, 0.4) is 0 Å². The SMILES string of the molecule is CC1CCC(C)N(Cc2cc(F)cc(C#CCCO)c2)C1. The minimum Gasteiger partial charge on any atom is -0.395 e. The Bertz CT molecular complexity index is 532. The normalized spacial score (nSPS) is 22.7. The van der Waals surface area contributed by atoms with E-state index in [4.69, 9.17) is 5.11 Å². The maximum Gasteiger partial charge on any atom is 0.124 e. The summed E-state index contributed by atoms with van der Waals surface area (Å²) in [4.78, 5) is 2.42. The highest BCUT2D eigenvalue weighted by Gasteiger charge is 2.22. The summed E-state index contributed by atoms with van der Waals surface area (Å²) >= 11 is 0. The standard InChI is InChI=1S/C18H24FNO/c1-14-6-7-15(2)20(12-14)13-17-9-16(5-3-4-8-21)10-18(19)11-17/h9-11,14-15,21H,4,6-8,12-13H2,1-2H3. The second-order valence-electron chi connectivity index (χ2n) is 6.08. The van der Waals surface area contributed by atoms with Crippen LogP contribution in [0.1, 0.15) is 44.2 Å². The molecule has 1 heterocycles. The monoisotopic (exact) mass is 289 g/mol. The van der Waals surface area contributed by atoms with Gasteiger partial charge < -0.3 is 5.11 Å². The summed E-state index contributed by atoms with van der Waals surface area (Å²) in [5.41, 5.74) is 1.67. The van der Waals surface area contributed by atoms with Crippen molar-refractivity contribution in [3.63, 3.8) is 0 Å². The third-order valence-electron chi connectivity index (χ3n) is 4.06. The second kappa shape index (κ2) is 7.59. The van der Waals surface area contributed by atoms with Crippen LogP contribution in [0.15, 0.2) is 18.2 Å². The molecular weight excluding hydrogens is 265 g/mol. The van der Waals surface area contributed by atoms with Gasteiger partial charge in [-0.1, -0.05) is 18.8 Å². The van der Waals surface area contributed by atoms with Crippen LogP contribution < -0.4 is 0 Å². The van der Waals surface area contributed by atoms with Gasteiger partial charge in [-0.25, -0.2) is 4.39 Å². The highest BCUT2D eigenvalue weighted by atomic mass is 19.1. The molecule has 0 amide bonds. The Hall–Kier alpha value is -1.37. The van der Waals surface area contributed by atoms with E-state index in [9.17, 15) is 4.39 Å². The molecule has 0 saturated carbocycles. The van der Waals surface area contributed by atoms with Crippen molar-refractivity contribution in [3.05, 3.63) is 35.1 Å². The zero-order valence-corrected chi connectivity index (χ0v) is 12.9. The molecule has 1 aliphatic rings. The fourth-order valence-electron chi connectivity index (χ4n) is 2.87. The zero-order chi connectivity index (χ0) is 15.2. The lowest BCUT2D eigenvalue weighted by atomic mass is 9.94. The molecule has 114 valence electrons. The smallest absolute Gasteiger partial charge is 0.124 e. The molecule has 2 nitrogen and oxygen atoms in total. The van der Waals surface area contributed by atoms with Crippen molar-refractivity contribution in [2.24, 2.45) is 5.92 Å². The Morgan fingerprint density at radius 2 is 2.10 bits per heavy atom. The van der Waals surface area contributed by atoms with Gasteiger partial charge in [0.15, 0.2) is 0 Å². The minimum atomic E-state index is -0.237. The number of nitrogens with zero attached hydrogens (tertiary/aromatic N) is 1. The third-order valence-corrected chi connectivity index (χ3v) is 4.06. The molecule has 2 atom stereocenters. The average Bonchev–Trinajstić information content (AvgIpc) is 2.43. The van der Waals surface area contributed by atoms with Crippen LogP contribution in [0.4, 0.5) is 4.39 Å². The van der Waals surface area contributed by atoms with Gasteiger partial charge in [0.2, 0.25) is 0 Å². The van der Waals surface area contributed by atoms with Crippen molar-refractivity contribution < 1.29 is 9.50 Å². The molecule has 1 aliphatic heterocycles. The van der Waals surface area contributed by atoms with Crippen molar-refractivity contribution in [1.29, 1.82) is 0 Å². The molecule has 2 unspecified atom stereocenters. The molecule has 3 heteroatoms. The number of halogens is 1. The first-order valence-electron chi connectivity index (χ1n) is 7.71. The van der Waals surface area contributed by atoms with Crippen LogP contribution in [0.5, 0.6) is 0 Å². The molecule has 0 spiro atoms. The number of piperidine rings is 1. The van der Waals surface area contributed by atoms with Gasteiger partial charge in [-0.2, -0.15) is 0 Å². The average molecular weight is 289 g/mol. The van der Waals surface area contributed by atoms with Gasteiger partial charge in [-0.15, -0.1) is 0 Å². The molecule has 0 bridgehead atoms. The van der Waals surface area contributed by atoms with Gasteiger partial charge >= 0.3 is 0 Å². The fourth-order valence-corrected chi connectivity index (χ4v) is 2.87. The van der Waals surface area contributed by atoms with Crippen molar-refractivity contribution in [2.45, 2.75) is 45.7 Å². The Morgan fingerprint density at radius 3 is 2.86 bits per heavy atom. The highest BCUT2D eigenvalue weighted by Crippen LogP contribution is 2.23. The van der Waals surface area contributed by atoms with E-state index in [-0.39, 0.29) is 12.4 Å². The Labute approximate surface area is 127 Å². The summed E-state index contributed by atoms with van der Waals surface area (Å²) in [5.74, 6) is 6.23. The molecule has 1 fully saturated rings. The van der Waals surface area contributed by atoms with Crippen molar-refractivity contribution >= 4 is 0 Å². The van der Waals surface area contributed by atoms with E-state index in [1.54, 1.807) is 6.07 Å². The second-order valence-corrected chi connectivity index (χ2v) is 6.08. The zero-order valence-electron chi connectivity index (χ0n) is 12.9. The van der Waals surface area contributed by atoms with Crippen LogP contribution in [0.2, 0.25) is 0 Å². The molecule has 21 heavy (non-hydrogen) atoms. The van der Waals surface area contributed by atoms with E-state index in [0.29, 0.717) is 23.9 Å². The first-order chi connectivity index (χ1) is 10.1. The van der Waals surface area contributed by atoms with E-state index in [1.807, 2.05) is 6.07 Å². The van der Waals surface area contributed by atoms with E-state index in [2.05, 4.69) is 30.6 Å². The molecule has 0 aliphatic carbocycles. The number of benzene rings is 1. The molecule has 2 rings (SSSR count). The van der Waals surface area contributed by atoms with E-state index in [0.717, 1.165) is 18.7 Å². The lowest BCUT2D eigenvalue weighted by Crippen LogP contribution is -2.40. The summed E-state index contributed by atoms with van der Waals surface area (Å²) in [6, 6.07) is 5.56. The number of hydrogen-bond donors (Lipinski definition) is 1. The summed E-state index contributed by atoms with van der Waals surface area (Å²) < 4.78 is 13.7. The van der Waals surface area contributed by atoms with E-state index < -0.39 is 0 Å².